The zero-order valence-electron chi connectivity index (χ0n) is 8.91. The summed E-state index contributed by atoms with van der Waals surface area (Å²) in [5, 5.41) is 0. The monoisotopic (exact) mass is 333 g/mol. The van der Waals surface area contributed by atoms with E-state index in [-0.39, 0.29) is 5.82 Å². The Hall–Kier alpha value is -0.660. The lowest BCUT2D eigenvalue weighted by atomic mass is 10.3. The molecular formula is C10H9BrFN3S2. The highest BCUT2D eigenvalue weighted by molar-refractivity contribution is 9.10. The van der Waals surface area contributed by atoms with Gasteiger partial charge in [0.1, 0.15) is 11.6 Å². The van der Waals surface area contributed by atoms with Crippen LogP contribution in [0.4, 0.5) is 10.1 Å². The molecular weight excluding hydrogens is 325 g/mol. The summed E-state index contributed by atoms with van der Waals surface area (Å²) in [6.07, 6.45) is 0.793. The largest absolute Gasteiger partial charge is 0.398 e. The third kappa shape index (κ3) is 2.97. The average Bonchev–Trinajstić information content (AvgIpc) is 2.73. The number of rotatable bonds is 3. The SMILES string of the molecule is CCc1nsc(Sc2cc(F)c(Br)cc2N)n1. The van der Waals surface area contributed by atoms with Crippen LogP contribution in [0.25, 0.3) is 0 Å². The molecule has 90 valence electrons. The van der Waals surface area contributed by atoms with E-state index in [2.05, 4.69) is 25.3 Å². The normalized spacial score (nSPS) is 10.8. The molecule has 0 saturated carbocycles. The quantitative estimate of drug-likeness (QED) is 0.869. The molecule has 7 heteroatoms. The van der Waals surface area contributed by atoms with Gasteiger partial charge in [-0.25, -0.2) is 9.37 Å². The summed E-state index contributed by atoms with van der Waals surface area (Å²) in [6.45, 7) is 1.99. The molecule has 0 bridgehead atoms. The molecule has 0 aliphatic heterocycles. The fourth-order valence-electron chi connectivity index (χ4n) is 1.15. The van der Waals surface area contributed by atoms with E-state index in [1.54, 1.807) is 6.07 Å². The number of nitrogens with two attached hydrogens (primary N) is 1. The van der Waals surface area contributed by atoms with Crippen LogP contribution < -0.4 is 5.73 Å². The maximum Gasteiger partial charge on any atom is 0.174 e. The van der Waals surface area contributed by atoms with Crippen molar-refractivity contribution >= 4 is 44.9 Å². The van der Waals surface area contributed by atoms with Crippen LogP contribution in [-0.2, 0) is 6.42 Å². The van der Waals surface area contributed by atoms with Gasteiger partial charge < -0.3 is 5.73 Å². The fourth-order valence-corrected chi connectivity index (χ4v) is 3.22. The average molecular weight is 334 g/mol. The molecule has 0 aliphatic rings. The van der Waals surface area contributed by atoms with Gasteiger partial charge in [0.15, 0.2) is 4.34 Å². The lowest BCUT2D eigenvalue weighted by molar-refractivity contribution is 0.618. The second kappa shape index (κ2) is 5.32. The number of hydrogen-bond donors (Lipinski definition) is 1. The molecule has 1 heterocycles. The maximum absolute atomic E-state index is 13.4. The number of hydrogen-bond acceptors (Lipinski definition) is 5. The Labute approximate surface area is 115 Å². The molecule has 0 atom stereocenters. The Balaban J connectivity index is 2.26. The Morgan fingerprint density at radius 3 is 2.94 bits per heavy atom. The molecule has 3 nitrogen and oxygen atoms in total. The molecule has 0 saturated heterocycles. The van der Waals surface area contributed by atoms with Crippen LogP contribution in [0, 0.1) is 5.82 Å². The van der Waals surface area contributed by atoms with E-state index in [0.717, 1.165) is 16.6 Å². The molecule has 2 rings (SSSR count). The molecule has 1 aromatic heterocycles. The predicted octanol–water partition coefficient (Wildman–Crippen LogP) is 3.74. The molecule has 0 unspecified atom stereocenters. The first-order valence-corrected chi connectivity index (χ1v) is 7.23. The number of aryl methyl sites for hydroxylation is 1. The minimum Gasteiger partial charge on any atom is -0.398 e. The highest BCUT2D eigenvalue weighted by Gasteiger charge is 2.10. The molecule has 2 aromatic rings. The van der Waals surface area contributed by atoms with Crippen LogP contribution in [-0.4, -0.2) is 9.36 Å². The topological polar surface area (TPSA) is 51.8 Å². The van der Waals surface area contributed by atoms with Crippen molar-refractivity contribution < 1.29 is 4.39 Å². The van der Waals surface area contributed by atoms with E-state index in [4.69, 9.17) is 5.73 Å². The number of nitrogen functional groups attached to an aromatic ring is 1. The highest BCUT2D eigenvalue weighted by Crippen LogP contribution is 2.35. The van der Waals surface area contributed by atoms with Gasteiger partial charge in [-0.05, 0) is 39.6 Å². The minimum absolute atomic E-state index is 0.332. The summed E-state index contributed by atoms with van der Waals surface area (Å²) in [5.74, 6) is 0.468. The van der Waals surface area contributed by atoms with Crippen molar-refractivity contribution in [1.29, 1.82) is 0 Å². The zero-order chi connectivity index (χ0) is 12.4. The first-order valence-electron chi connectivity index (χ1n) is 4.85. The van der Waals surface area contributed by atoms with E-state index < -0.39 is 0 Å². The van der Waals surface area contributed by atoms with Crippen molar-refractivity contribution in [2.75, 3.05) is 5.73 Å². The number of aromatic nitrogens is 2. The minimum atomic E-state index is -0.332. The van der Waals surface area contributed by atoms with Crippen molar-refractivity contribution in [3.63, 3.8) is 0 Å². The molecule has 1 aromatic carbocycles. The van der Waals surface area contributed by atoms with Crippen LogP contribution in [0.15, 0.2) is 25.8 Å². The number of halogens is 2. The Morgan fingerprint density at radius 1 is 1.53 bits per heavy atom. The molecule has 2 N–H and O–H groups in total. The molecule has 0 radical (unpaired) electrons. The Kier molecular flexibility index (Phi) is 4.01. The van der Waals surface area contributed by atoms with Gasteiger partial charge >= 0.3 is 0 Å². The van der Waals surface area contributed by atoms with Crippen molar-refractivity contribution in [3.05, 3.63) is 28.2 Å². The van der Waals surface area contributed by atoms with Gasteiger partial charge in [-0.1, -0.05) is 18.7 Å². The van der Waals surface area contributed by atoms with Crippen molar-refractivity contribution in [2.24, 2.45) is 0 Å². The first kappa shape index (κ1) is 12.8. The van der Waals surface area contributed by atoms with Crippen LogP contribution in [0.5, 0.6) is 0 Å². The zero-order valence-corrected chi connectivity index (χ0v) is 12.1. The van der Waals surface area contributed by atoms with E-state index in [1.807, 2.05) is 6.92 Å². The lowest BCUT2D eigenvalue weighted by Crippen LogP contribution is -1.91. The van der Waals surface area contributed by atoms with Crippen LogP contribution in [0.3, 0.4) is 0 Å². The van der Waals surface area contributed by atoms with Crippen molar-refractivity contribution in [2.45, 2.75) is 22.6 Å². The summed E-state index contributed by atoms with van der Waals surface area (Å²) in [4.78, 5) is 4.95. The standard InChI is InChI=1S/C10H9BrFN3S2/c1-2-9-14-10(17-15-9)16-8-4-6(12)5(11)3-7(8)13/h3-4H,2,13H2,1H3. The molecule has 17 heavy (non-hydrogen) atoms. The highest BCUT2D eigenvalue weighted by atomic mass is 79.9. The van der Waals surface area contributed by atoms with Gasteiger partial charge in [0.05, 0.1) is 4.47 Å². The number of benzene rings is 1. The van der Waals surface area contributed by atoms with Crippen LogP contribution >= 0.6 is 39.2 Å². The summed E-state index contributed by atoms with van der Waals surface area (Å²) in [5.41, 5.74) is 6.34. The Morgan fingerprint density at radius 2 is 2.29 bits per heavy atom. The summed E-state index contributed by atoms with van der Waals surface area (Å²) in [6, 6.07) is 2.95. The van der Waals surface area contributed by atoms with Gasteiger partial charge in [-0.2, -0.15) is 4.37 Å². The first-order chi connectivity index (χ1) is 8.10. The maximum atomic E-state index is 13.4. The van der Waals surface area contributed by atoms with Gasteiger partial charge in [0.25, 0.3) is 0 Å². The van der Waals surface area contributed by atoms with Crippen molar-refractivity contribution in [3.8, 4) is 0 Å². The molecule has 0 amide bonds. The smallest absolute Gasteiger partial charge is 0.174 e. The molecule has 0 fully saturated rings. The van der Waals surface area contributed by atoms with Gasteiger partial charge in [0, 0.05) is 17.0 Å². The second-order valence-corrected chi connectivity index (χ2v) is 6.13. The fraction of sp³-hybridized carbons (Fsp3) is 0.200. The van der Waals surface area contributed by atoms with Crippen LogP contribution in [0.1, 0.15) is 12.7 Å². The predicted molar refractivity (Wildman–Crippen MR) is 71.9 cm³/mol. The Bertz CT molecular complexity index is 544. The second-order valence-electron chi connectivity index (χ2n) is 3.24. The number of nitrogens with zero attached hydrogens (tertiary/aromatic N) is 2. The third-order valence-electron chi connectivity index (χ3n) is 2.02. The van der Waals surface area contributed by atoms with Crippen LogP contribution in [0.2, 0.25) is 0 Å². The summed E-state index contributed by atoms with van der Waals surface area (Å²) in [7, 11) is 0. The van der Waals surface area contributed by atoms with Crippen molar-refractivity contribution in [1.82, 2.24) is 9.36 Å². The van der Waals surface area contributed by atoms with Gasteiger partial charge in [-0.15, -0.1) is 0 Å². The molecule has 0 aliphatic carbocycles. The van der Waals surface area contributed by atoms with Gasteiger partial charge in [-0.3, -0.25) is 0 Å². The van der Waals surface area contributed by atoms with E-state index in [0.29, 0.717) is 15.1 Å². The third-order valence-corrected chi connectivity index (χ3v) is 4.49. The summed E-state index contributed by atoms with van der Waals surface area (Å²) < 4.78 is 18.7. The van der Waals surface area contributed by atoms with E-state index in [1.165, 1.54) is 29.4 Å². The lowest BCUT2D eigenvalue weighted by Gasteiger charge is -2.04. The van der Waals surface area contributed by atoms with E-state index in [9.17, 15) is 4.39 Å². The number of anilines is 1. The molecule has 0 spiro atoms. The van der Waals surface area contributed by atoms with E-state index >= 15 is 0 Å². The van der Waals surface area contributed by atoms with Gasteiger partial charge in [0.2, 0.25) is 0 Å². The summed E-state index contributed by atoms with van der Waals surface area (Å²) >= 11 is 5.72.